The van der Waals surface area contributed by atoms with Crippen molar-refractivity contribution in [3.8, 4) is 0 Å². The van der Waals surface area contributed by atoms with Gasteiger partial charge in [-0.05, 0) is 10.4 Å². The number of rotatable bonds is 9. The van der Waals surface area contributed by atoms with Crippen LogP contribution in [0.25, 0.3) is 20.9 Å². The number of hydrogen-bond acceptors (Lipinski definition) is 4. The SMILES string of the molecule is [N-]=[N+]=NNCCSSCCNN=[N+]=[N-]. The zero-order chi connectivity index (χ0) is 10.5. The van der Waals surface area contributed by atoms with Crippen LogP contribution < -0.4 is 10.9 Å². The molecule has 0 atom stereocenters. The lowest BCUT2D eigenvalue weighted by molar-refractivity contribution is 0.777. The minimum Gasteiger partial charge on any atom is -0.260 e. The van der Waals surface area contributed by atoms with Gasteiger partial charge in [-0.3, -0.25) is 10.9 Å². The van der Waals surface area contributed by atoms with Gasteiger partial charge in [-0.25, -0.2) is 0 Å². The Balaban J connectivity index is 2.98. The third-order valence-electron chi connectivity index (χ3n) is 0.909. The molecule has 0 aliphatic rings. The lowest BCUT2D eigenvalue weighted by Crippen LogP contribution is -2.09. The molecule has 0 aromatic rings. The third kappa shape index (κ3) is 10.9. The molecule has 0 saturated carbocycles. The first-order chi connectivity index (χ1) is 6.91. The van der Waals surface area contributed by atoms with Crippen molar-refractivity contribution in [1.82, 2.24) is 10.9 Å². The number of hydrogen-bond donors (Lipinski definition) is 2. The Morgan fingerprint density at radius 1 is 0.929 bits per heavy atom. The van der Waals surface area contributed by atoms with E-state index in [-0.39, 0.29) is 0 Å². The van der Waals surface area contributed by atoms with Crippen LogP contribution in [0.15, 0.2) is 10.4 Å². The number of nitrogens with one attached hydrogen (secondary N) is 2. The first kappa shape index (κ1) is 12.9. The standard InChI is InChI=1S/C4H10N8S2/c5-9-11-7-1-3-13-14-4-2-8-12-10-6/h7-8H,1-4H2. The lowest BCUT2D eigenvalue weighted by atomic mass is 10.8. The zero-order valence-corrected chi connectivity index (χ0v) is 8.96. The molecular formula is C4H10N8S2. The van der Waals surface area contributed by atoms with Crippen LogP contribution >= 0.6 is 21.6 Å². The molecule has 0 aliphatic carbocycles. The largest absolute Gasteiger partial charge is 0.260 e. The first-order valence-corrected chi connectivity index (χ1v) is 6.19. The lowest BCUT2D eigenvalue weighted by Gasteiger charge is -1.97. The molecule has 0 aromatic carbocycles. The topological polar surface area (TPSA) is 122 Å². The molecule has 0 fully saturated rings. The van der Waals surface area contributed by atoms with Crippen molar-refractivity contribution in [3.63, 3.8) is 0 Å². The van der Waals surface area contributed by atoms with E-state index in [9.17, 15) is 0 Å². The summed E-state index contributed by atoms with van der Waals surface area (Å²) in [5.41, 5.74) is 20.9. The number of nitrogens with zero attached hydrogens (tertiary/aromatic N) is 6. The Kier molecular flexibility index (Phi) is 11.0. The molecule has 0 heterocycles. The van der Waals surface area contributed by atoms with E-state index in [1.165, 1.54) is 0 Å². The van der Waals surface area contributed by atoms with Gasteiger partial charge in [-0.1, -0.05) is 21.6 Å². The van der Waals surface area contributed by atoms with E-state index in [0.717, 1.165) is 11.5 Å². The van der Waals surface area contributed by atoms with Crippen LogP contribution in [0.2, 0.25) is 0 Å². The molecule has 78 valence electrons. The molecule has 0 aromatic heterocycles. The van der Waals surface area contributed by atoms with Crippen molar-refractivity contribution in [3.05, 3.63) is 20.9 Å². The average molecular weight is 234 g/mol. The second-order valence-corrected chi connectivity index (χ2v) is 4.54. The fourth-order valence-electron chi connectivity index (χ4n) is 0.456. The van der Waals surface area contributed by atoms with E-state index in [4.69, 9.17) is 11.1 Å². The summed E-state index contributed by atoms with van der Waals surface area (Å²) in [6.45, 7) is 1.29. The molecule has 0 rings (SSSR count). The summed E-state index contributed by atoms with van der Waals surface area (Å²) in [7, 11) is 3.32. The second kappa shape index (κ2) is 11.9. The Morgan fingerprint density at radius 3 is 1.71 bits per heavy atom. The van der Waals surface area contributed by atoms with Crippen LogP contribution in [-0.2, 0) is 0 Å². The highest BCUT2D eigenvalue weighted by atomic mass is 33.1. The van der Waals surface area contributed by atoms with E-state index < -0.39 is 0 Å². The van der Waals surface area contributed by atoms with E-state index >= 15 is 0 Å². The maximum absolute atomic E-state index is 7.93. The summed E-state index contributed by atoms with van der Waals surface area (Å²) in [5, 5.41) is 6.34. The van der Waals surface area contributed by atoms with Crippen molar-refractivity contribution < 1.29 is 0 Å². The van der Waals surface area contributed by atoms with Crippen LogP contribution in [0.3, 0.4) is 0 Å². The molecule has 0 unspecified atom stereocenters. The molecule has 0 amide bonds. The zero-order valence-electron chi connectivity index (χ0n) is 7.33. The maximum Gasteiger partial charge on any atom is 0.0957 e. The monoisotopic (exact) mass is 234 g/mol. The molecule has 0 radical (unpaired) electrons. The van der Waals surface area contributed by atoms with Crippen molar-refractivity contribution in [2.45, 2.75) is 0 Å². The molecule has 0 aliphatic heterocycles. The highest BCUT2D eigenvalue weighted by Gasteiger charge is 1.91. The maximum atomic E-state index is 7.93. The number of azide groups is 2. The average Bonchev–Trinajstić information content (AvgIpc) is 2.21. The second-order valence-electron chi connectivity index (χ2n) is 1.84. The molecule has 10 heteroatoms. The van der Waals surface area contributed by atoms with Gasteiger partial charge >= 0.3 is 0 Å². The van der Waals surface area contributed by atoms with E-state index in [1.807, 2.05) is 0 Å². The van der Waals surface area contributed by atoms with E-state index in [1.54, 1.807) is 21.6 Å². The molecule has 0 spiro atoms. The Bertz CT molecular complexity index is 195. The summed E-state index contributed by atoms with van der Waals surface area (Å²) < 4.78 is 0. The molecule has 8 nitrogen and oxygen atoms in total. The van der Waals surface area contributed by atoms with Gasteiger partial charge in [0.25, 0.3) is 0 Å². The molecule has 0 bridgehead atoms. The van der Waals surface area contributed by atoms with E-state index in [2.05, 4.69) is 31.1 Å². The van der Waals surface area contributed by atoms with Gasteiger partial charge in [0.1, 0.15) is 0 Å². The van der Waals surface area contributed by atoms with Crippen molar-refractivity contribution in [2.75, 3.05) is 24.6 Å². The van der Waals surface area contributed by atoms with E-state index in [0.29, 0.717) is 13.1 Å². The summed E-state index contributed by atoms with van der Waals surface area (Å²) >= 11 is 0. The van der Waals surface area contributed by atoms with Crippen LogP contribution in [0.4, 0.5) is 0 Å². The van der Waals surface area contributed by atoms with Crippen LogP contribution in [0.5, 0.6) is 0 Å². The van der Waals surface area contributed by atoms with Gasteiger partial charge in [-0.15, -0.1) is 11.1 Å². The van der Waals surface area contributed by atoms with Crippen molar-refractivity contribution >= 4 is 21.6 Å². The molecule has 2 N–H and O–H groups in total. The van der Waals surface area contributed by atoms with Gasteiger partial charge in [0, 0.05) is 11.5 Å². The van der Waals surface area contributed by atoms with Gasteiger partial charge in [-0.2, -0.15) is 9.82 Å². The van der Waals surface area contributed by atoms with Crippen LogP contribution in [0.1, 0.15) is 0 Å². The molecule has 14 heavy (non-hydrogen) atoms. The summed E-state index contributed by atoms with van der Waals surface area (Å²) in [5.74, 6) is 1.70. The van der Waals surface area contributed by atoms with Gasteiger partial charge < -0.3 is 0 Å². The van der Waals surface area contributed by atoms with Crippen molar-refractivity contribution in [2.24, 2.45) is 10.4 Å². The molecule has 0 saturated heterocycles. The normalized spacial score (nSPS) is 8.29. The first-order valence-electron chi connectivity index (χ1n) is 3.70. The van der Waals surface area contributed by atoms with Gasteiger partial charge in [0.2, 0.25) is 0 Å². The Morgan fingerprint density at radius 2 is 1.36 bits per heavy atom. The third-order valence-corrected chi connectivity index (χ3v) is 3.32. The van der Waals surface area contributed by atoms with Gasteiger partial charge in [0.05, 0.1) is 13.1 Å². The predicted octanol–water partition coefficient (Wildman–Crippen LogP) is 2.00. The molecular weight excluding hydrogens is 224 g/mol. The van der Waals surface area contributed by atoms with Gasteiger partial charge in [0.15, 0.2) is 0 Å². The quantitative estimate of drug-likeness (QED) is 0.158. The minimum absolute atomic E-state index is 0.644. The minimum atomic E-state index is 0.644. The highest BCUT2D eigenvalue weighted by Crippen LogP contribution is 2.19. The summed E-state index contributed by atoms with van der Waals surface area (Å²) in [6.07, 6.45) is 0. The summed E-state index contributed by atoms with van der Waals surface area (Å²) in [6, 6.07) is 0. The highest BCUT2D eigenvalue weighted by molar-refractivity contribution is 8.76. The van der Waals surface area contributed by atoms with Crippen molar-refractivity contribution in [1.29, 1.82) is 0 Å². The fourth-order valence-corrected chi connectivity index (χ4v) is 2.25. The van der Waals surface area contributed by atoms with Crippen LogP contribution in [-0.4, -0.2) is 24.6 Å². The Hall–Kier alpha value is -1.08. The summed E-state index contributed by atoms with van der Waals surface area (Å²) in [4.78, 5) is 5.09. The van der Waals surface area contributed by atoms with Crippen LogP contribution in [0, 0.1) is 0 Å². The smallest absolute Gasteiger partial charge is 0.0957 e. The predicted molar refractivity (Wildman–Crippen MR) is 59.2 cm³/mol. The Labute approximate surface area is 88.8 Å². The fraction of sp³-hybridized carbons (Fsp3) is 1.00.